The van der Waals surface area contributed by atoms with E-state index in [4.69, 9.17) is 23.2 Å². The Labute approximate surface area is 131 Å². The lowest BCUT2D eigenvalue weighted by Crippen LogP contribution is -2.12. The highest BCUT2D eigenvalue weighted by Gasteiger charge is 2.20. The largest absolute Gasteiger partial charge is 0.296 e. The molecular formula is C13H13Cl2N3OS. The number of anilines is 1. The van der Waals surface area contributed by atoms with E-state index in [1.165, 1.54) is 17.4 Å². The van der Waals surface area contributed by atoms with Crippen LogP contribution < -0.4 is 5.32 Å². The Balaban J connectivity index is 2.20. The van der Waals surface area contributed by atoms with Gasteiger partial charge in [0.25, 0.3) is 5.91 Å². The zero-order valence-corrected chi connectivity index (χ0v) is 13.5. The van der Waals surface area contributed by atoms with E-state index in [-0.39, 0.29) is 11.3 Å². The second-order valence-corrected chi connectivity index (χ2v) is 7.06. The number of nitrogens with zero attached hydrogens (tertiary/aromatic N) is 2. The van der Waals surface area contributed by atoms with Gasteiger partial charge in [-0.2, -0.15) is 0 Å². The minimum atomic E-state index is -0.353. The van der Waals surface area contributed by atoms with Gasteiger partial charge in [-0.05, 0) is 18.2 Å². The van der Waals surface area contributed by atoms with E-state index < -0.39 is 0 Å². The van der Waals surface area contributed by atoms with E-state index in [1.807, 2.05) is 20.8 Å². The van der Waals surface area contributed by atoms with Crippen molar-refractivity contribution < 1.29 is 4.79 Å². The van der Waals surface area contributed by atoms with Gasteiger partial charge in [-0.25, -0.2) is 0 Å². The zero-order chi connectivity index (χ0) is 14.9. The van der Waals surface area contributed by atoms with Crippen molar-refractivity contribution in [3.63, 3.8) is 0 Å². The molecule has 1 aromatic heterocycles. The van der Waals surface area contributed by atoms with Crippen molar-refractivity contribution in [2.45, 2.75) is 26.2 Å². The first-order valence-electron chi connectivity index (χ1n) is 5.88. The molecule has 0 atom stereocenters. The first kappa shape index (κ1) is 15.2. The highest BCUT2D eigenvalue weighted by Crippen LogP contribution is 2.28. The van der Waals surface area contributed by atoms with Gasteiger partial charge in [-0.15, -0.1) is 10.2 Å². The van der Waals surface area contributed by atoms with Gasteiger partial charge in [0.15, 0.2) is 0 Å². The molecule has 0 saturated carbocycles. The average molecular weight is 330 g/mol. The second kappa shape index (κ2) is 5.68. The van der Waals surface area contributed by atoms with Crippen molar-refractivity contribution in [3.8, 4) is 0 Å². The first-order chi connectivity index (χ1) is 9.27. The highest BCUT2D eigenvalue weighted by molar-refractivity contribution is 7.15. The molecule has 0 aliphatic rings. The Kier molecular flexibility index (Phi) is 4.32. The van der Waals surface area contributed by atoms with Crippen LogP contribution in [0.3, 0.4) is 0 Å². The van der Waals surface area contributed by atoms with Gasteiger partial charge in [-0.3, -0.25) is 10.1 Å². The van der Waals surface area contributed by atoms with Crippen molar-refractivity contribution in [2.24, 2.45) is 0 Å². The summed E-state index contributed by atoms with van der Waals surface area (Å²) in [6, 6.07) is 4.73. The number of benzene rings is 1. The molecule has 20 heavy (non-hydrogen) atoms. The minimum absolute atomic E-state index is 0.103. The lowest BCUT2D eigenvalue weighted by Gasteiger charge is -2.12. The zero-order valence-electron chi connectivity index (χ0n) is 11.2. The molecule has 0 fully saturated rings. The summed E-state index contributed by atoms with van der Waals surface area (Å²) in [7, 11) is 0. The maximum Gasteiger partial charge on any atom is 0.259 e. The molecule has 2 aromatic rings. The number of carbonyl (C=O) groups is 1. The molecule has 0 radical (unpaired) electrons. The van der Waals surface area contributed by atoms with Crippen molar-refractivity contribution in [1.29, 1.82) is 0 Å². The van der Waals surface area contributed by atoms with E-state index in [1.54, 1.807) is 12.1 Å². The third-order valence-corrected chi connectivity index (χ3v) is 4.29. The maximum atomic E-state index is 12.1. The highest BCUT2D eigenvalue weighted by atomic mass is 35.5. The predicted molar refractivity (Wildman–Crippen MR) is 83.0 cm³/mol. The molecule has 1 aromatic carbocycles. The molecule has 1 heterocycles. The van der Waals surface area contributed by atoms with Crippen LogP contribution in [-0.4, -0.2) is 16.1 Å². The van der Waals surface area contributed by atoms with Crippen molar-refractivity contribution in [2.75, 3.05) is 5.32 Å². The summed E-state index contributed by atoms with van der Waals surface area (Å²) in [4.78, 5) is 12.1. The van der Waals surface area contributed by atoms with E-state index in [0.29, 0.717) is 20.7 Å². The van der Waals surface area contributed by atoms with E-state index in [9.17, 15) is 4.79 Å². The van der Waals surface area contributed by atoms with Crippen LogP contribution in [0.2, 0.25) is 10.0 Å². The Morgan fingerprint density at radius 2 is 1.95 bits per heavy atom. The van der Waals surface area contributed by atoms with E-state index in [0.717, 1.165) is 5.01 Å². The van der Waals surface area contributed by atoms with Crippen LogP contribution in [0.15, 0.2) is 18.2 Å². The Morgan fingerprint density at radius 3 is 2.55 bits per heavy atom. The number of carbonyl (C=O) groups excluding carboxylic acids is 1. The van der Waals surface area contributed by atoms with Crippen molar-refractivity contribution in [3.05, 3.63) is 38.8 Å². The molecule has 0 aliphatic carbocycles. The Hall–Kier alpha value is -1.17. The lowest BCUT2D eigenvalue weighted by atomic mass is 9.98. The molecule has 0 bridgehead atoms. The van der Waals surface area contributed by atoms with E-state index in [2.05, 4.69) is 15.5 Å². The molecule has 2 rings (SSSR count). The smallest absolute Gasteiger partial charge is 0.259 e. The summed E-state index contributed by atoms with van der Waals surface area (Å²) in [5.74, 6) is -0.353. The lowest BCUT2D eigenvalue weighted by molar-refractivity contribution is 0.102. The van der Waals surface area contributed by atoms with Gasteiger partial charge in [0, 0.05) is 10.4 Å². The summed E-state index contributed by atoms with van der Waals surface area (Å²) in [6.07, 6.45) is 0. The number of rotatable bonds is 2. The molecule has 0 unspecified atom stereocenters. The van der Waals surface area contributed by atoms with Gasteiger partial charge >= 0.3 is 0 Å². The van der Waals surface area contributed by atoms with Crippen molar-refractivity contribution >= 4 is 45.6 Å². The standard InChI is InChI=1S/C13H13Cl2N3OS/c1-13(2,3)11-17-18-12(20-11)16-10(19)8-6-7(14)4-5-9(8)15/h4-6H,1-3H3,(H,16,18,19). The molecule has 106 valence electrons. The van der Waals surface area contributed by atoms with Gasteiger partial charge in [-0.1, -0.05) is 55.3 Å². The molecule has 1 N–H and O–H groups in total. The fraction of sp³-hybridized carbons (Fsp3) is 0.308. The van der Waals surface area contributed by atoms with Gasteiger partial charge < -0.3 is 0 Å². The van der Waals surface area contributed by atoms with Crippen LogP contribution in [0.1, 0.15) is 36.1 Å². The summed E-state index contributed by atoms with van der Waals surface area (Å²) in [6.45, 7) is 6.10. The van der Waals surface area contributed by atoms with Crippen LogP contribution in [0.25, 0.3) is 0 Å². The third-order valence-electron chi connectivity index (χ3n) is 2.46. The number of amides is 1. The minimum Gasteiger partial charge on any atom is -0.296 e. The average Bonchev–Trinajstić information content (AvgIpc) is 2.80. The summed E-state index contributed by atoms with van der Waals surface area (Å²) in [5.41, 5.74) is 0.209. The summed E-state index contributed by atoms with van der Waals surface area (Å²) >= 11 is 13.2. The number of aromatic nitrogens is 2. The van der Waals surface area contributed by atoms with Gasteiger partial charge in [0.2, 0.25) is 5.13 Å². The maximum absolute atomic E-state index is 12.1. The number of halogens is 2. The number of hydrogen-bond donors (Lipinski definition) is 1. The fourth-order valence-corrected chi connectivity index (χ4v) is 2.58. The quantitative estimate of drug-likeness (QED) is 0.888. The SMILES string of the molecule is CC(C)(C)c1nnc(NC(=O)c2cc(Cl)ccc2Cl)s1. The first-order valence-corrected chi connectivity index (χ1v) is 7.45. The molecule has 1 amide bonds. The van der Waals surface area contributed by atoms with Crippen LogP contribution >= 0.6 is 34.5 Å². The third kappa shape index (κ3) is 3.48. The summed E-state index contributed by atoms with van der Waals surface area (Å²) in [5, 5.41) is 12.8. The summed E-state index contributed by atoms with van der Waals surface area (Å²) < 4.78 is 0. The fourth-order valence-electron chi connectivity index (χ4n) is 1.41. The topological polar surface area (TPSA) is 54.9 Å². The number of nitrogens with one attached hydrogen (secondary N) is 1. The molecule has 0 saturated heterocycles. The van der Waals surface area contributed by atoms with Crippen LogP contribution in [0, 0.1) is 0 Å². The molecule has 0 spiro atoms. The number of hydrogen-bond acceptors (Lipinski definition) is 4. The predicted octanol–water partition coefficient (Wildman–Crippen LogP) is 4.39. The van der Waals surface area contributed by atoms with E-state index >= 15 is 0 Å². The molecule has 4 nitrogen and oxygen atoms in total. The monoisotopic (exact) mass is 329 g/mol. The van der Waals surface area contributed by atoms with Gasteiger partial charge in [0.1, 0.15) is 5.01 Å². The van der Waals surface area contributed by atoms with Gasteiger partial charge in [0.05, 0.1) is 10.6 Å². The molecular weight excluding hydrogens is 317 g/mol. The molecule has 7 heteroatoms. The van der Waals surface area contributed by atoms with Crippen molar-refractivity contribution in [1.82, 2.24) is 10.2 Å². The van der Waals surface area contributed by atoms with Crippen LogP contribution in [0.5, 0.6) is 0 Å². The Bertz CT molecular complexity index is 649. The Morgan fingerprint density at radius 1 is 1.25 bits per heavy atom. The van der Waals surface area contributed by atoms with Crippen LogP contribution in [-0.2, 0) is 5.41 Å². The normalized spacial score (nSPS) is 11.4. The second-order valence-electron chi connectivity index (χ2n) is 5.24. The van der Waals surface area contributed by atoms with Crippen LogP contribution in [0.4, 0.5) is 5.13 Å². The molecule has 0 aliphatic heterocycles.